The molecular weight excluding hydrogens is 284 g/mol. The third-order valence-electron chi connectivity index (χ3n) is 2.13. The number of halogens is 2. The van der Waals surface area contributed by atoms with Crippen molar-refractivity contribution < 1.29 is 31.8 Å². The summed E-state index contributed by atoms with van der Waals surface area (Å²) in [5, 5.41) is 8.36. The second kappa shape index (κ2) is 5.93. The molecule has 0 spiro atoms. The monoisotopic (exact) mass is 295 g/mol. The van der Waals surface area contributed by atoms with Crippen molar-refractivity contribution in [3.8, 4) is 5.75 Å². The molecule has 0 unspecified atom stereocenters. The van der Waals surface area contributed by atoms with Crippen molar-refractivity contribution in [1.29, 1.82) is 0 Å². The van der Waals surface area contributed by atoms with Crippen LogP contribution in [-0.2, 0) is 14.8 Å². The van der Waals surface area contributed by atoms with Crippen LogP contribution < -0.4 is 9.46 Å². The number of aliphatic carboxylic acids is 1. The Morgan fingerprint density at radius 2 is 2.00 bits per heavy atom. The summed E-state index contributed by atoms with van der Waals surface area (Å²) in [4.78, 5) is 9.33. The number of carbonyl (C=O) groups is 1. The Labute approximate surface area is 108 Å². The predicted octanol–water partition coefficient (Wildman–Crippen LogP) is 0.726. The smallest absolute Gasteiger partial charge is 0.304 e. The van der Waals surface area contributed by atoms with Gasteiger partial charge in [-0.05, 0) is 0 Å². The molecule has 6 nitrogen and oxygen atoms in total. The highest BCUT2D eigenvalue weighted by Crippen LogP contribution is 2.24. The standard InChI is InChI=1S/C10H11F2NO5S/c1-18-8-4-7(12)9(5-6(8)11)19(16,17)13-3-2-10(14)15/h4-5,13H,2-3H2,1H3,(H,14,15). The van der Waals surface area contributed by atoms with Crippen LogP contribution in [0.2, 0.25) is 0 Å². The molecule has 9 heteroatoms. The minimum Gasteiger partial charge on any atom is -0.494 e. The van der Waals surface area contributed by atoms with Crippen LogP contribution in [0.25, 0.3) is 0 Å². The summed E-state index contributed by atoms with van der Waals surface area (Å²) in [7, 11) is -3.21. The van der Waals surface area contributed by atoms with E-state index in [2.05, 4.69) is 4.74 Å². The van der Waals surface area contributed by atoms with Gasteiger partial charge in [-0.1, -0.05) is 0 Å². The van der Waals surface area contributed by atoms with Crippen LogP contribution in [0, 0.1) is 11.6 Å². The van der Waals surface area contributed by atoms with E-state index in [0.717, 1.165) is 7.11 Å². The van der Waals surface area contributed by atoms with Crippen LogP contribution in [-0.4, -0.2) is 33.1 Å². The molecule has 19 heavy (non-hydrogen) atoms. The zero-order chi connectivity index (χ0) is 14.6. The van der Waals surface area contributed by atoms with Gasteiger partial charge in [-0.3, -0.25) is 4.79 Å². The van der Waals surface area contributed by atoms with Gasteiger partial charge < -0.3 is 9.84 Å². The first kappa shape index (κ1) is 15.3. The van der Waals surface area contributed by atoms with Crippen LogP contribution in [0.5, 0.6) is 5.75 Å². The molecule has 0 bridgehead atoms. The molecule has 0 saturated heterocycles. The average Bonchev–Trinajstić information content (AvgIpc) is 2.30. The van der Waals surface area contributed by atoms with Crippen LogP contribution in [0.4, 0.5) is 8.78 Å². The van der Waals surface area contributed by atoms with Crippen molar-refractivity contribution in [3.63, 3.8) is 0 Å². The highest BCUT2D eigenvalue weighted by molar-refractivity contribution is 7.89. The van der Waals surface area contributed by atoms with E-state index in [1.165, 1.54) is 0 Å². The van der Waals surface area contributed by atoms with Crippen molar-refractivity contribution in [1.82, 2.24) is 4.72 Å². The fraction of sp³-hybridized carbons (Fsp3) is 0.300. The van der Waals surface area contributed by atoms with Gasteiger partial charge in [0, 0.05) is 18.7 Å². The molecule has 0 saturated carbocycles. The van der Waals surface area contributed by atoms with E-state index in [1.54, 1.807) is 0 Å². The number of nitrogens with one attached hydrogen (secondary N) is 1. The molecule has 0 radical (unpaired) electrons. The SMILES string of the molecule is COc1cc(F)c(S(=O)(=O)NCCC(=O)O)cc1F. The van der Waals surface area contributed by atoms with E-state index in [-0.39, 0.29) is 0 Å². The minimum atomic E-state index is -4.32. The number of ether oxygens (including phenoxy) is 1. The number of methoxy groups -OCH3 is 1. The molecule has 1 aromatic rings. The maximum absolute atomic E-state index is 13.5. The van der Waals surface area contributed by atoms with E-state index in [9.17, 15) is 22.0 Å². The summed E-state index contributed by atoms with van der Waals surface area (Å²) in [5.74, 6) is -3.88. The van der Waals surface area contributed by atoms with Gasteiger partial charge in [0.25, 0.3) is 0 Å². The van der Waals surface area contributed by atoms with Crippen molar-refractivity contribution in [2.75, 3.05) is 13.7 Å². The summed E-state index contributed by atoms with van der Waals surface area (Å²) in [6, 6.07) is 1.07. The van der Waals surface area contributed by atoms with Gasteiger partial charge in [0.15, 0.2) is 11.6 Å². The number of carboxylic acid groups (broad SMARTS) is 1. The first-order valence-corrected chi connectivity index (χ1v) is 6.50. The van der Waals surface area contributed by atoms with E-state index in [1.807, 2.05) is 4.72 Å². The van der Waals surface area contributed by atoms with E-state index in [4.69, 9.17) is 5.11 Å². The summed E-state index contributed by atoms with van der Waals surface area (Å²) >= 11 is 0. The number of benzene rings is 1. The lowest BCUT2D eigenvalue weighted by Gasteiger charge is -2.09. The van der Waals surface area contributed by atoms with Crippen LogP contribution >= 0.6 is 0 Å². The molecule has 0 amide bonds. The Bertz CT molecular complexity index is 588. The number of carboxylic acids is 1. The molecule has 0 fully saturated rings. The topological polar surface area (TPSA) is 92.7 Å². The largest absolute Gasteiger partial charge is 0.494 e. The normalized spacial score (nSPS) is 11.3. The number of hydrogen-bond donors (Lipinski definition) is 2. The fourth-order valence-corrected chi connectivity index (χ4v) is 2.34. The first-order chi connectivity index (χ1) is 8.77. The van der Waals surface area contributed by atoms with Gasteiger partial charge in [-0.25, -0.2) is 21.9 Å². The van der Waals surface area contributed by atoms with E-state index in [0.29, 0.717) is 12.1 Å². The lowest BCUT2D eigenvalue weighted by Crippen LogP contribution is -2.27. The molecule has 106 valence electrons. The van der Waals surface area contributed by atoms with Crippen molar-refractivity contribution >= 4 is 16.0 Å². The molecule has 2 N–H and O–H groups in total. The molecule has 0 atom stereocenters. The second-order valence-electron chi connectivity index (χ2n) is 3.46. The molecule has 1 rings (SSSR count). The molecule has 0 aromatic heterocycles. The molecule has 0 aliphatic carbocycles. The van der Waals surface area contributed by atoms with Gasteiger partial charge >= 0.3 is 5.97 Å². The van der Waals surface area contributed by atoms with Crippen molar-refractivity contribution in [3.05, 3.63) is 23.8 Å². The molecule has 0 heterocycles. The highest BCUT2D eigenvalue weighted by atomic mass is 32.2. The Balaban J connectivity index is 3.01. The Morgan fingerprint density at radius 3 is 2.53 bits per heavy atom. The Morgan fingerprint density at radius 1 is 1.37 bits per heavy atom. The summed E-state index contributed by atoms with van der Waals surface area (Å²) in [6.07, 6.45) is -0.473. The average molecular weight is 295 g/mol. The molecule has 1 aromatic carbocycles. The Kier molecular flexibility index (Phi) is 4.78. The predicted molar refractivity (Wildman–Crippen MR) is 60.4 cm³/mol. The third-order valence-corrected chi connectivity index (χ3v) is 3.60. The van der Waals surface area contributed by atoms with Crippen LogP contribution in [0.1, 0.15) is 6.42 Å². The minimum absolute atomic E-state index is 0.426. The lowest BCUT2D eigenvalue weighted by atomic mass is 10.3. The lowest BCUT2D eigenvalue weighted by molar-refractivity contribution is -0.136. The maximum Gasteiger partial charge on any atom is 0.304 e. The second-order valence-corrected chi connectivity index (χ2v) is 5.19. The van der Waals surface area contributed by atoms with Crippen LogP contribution in [0.3, 0.4) is 0 Å². The number of sulfonamides is 1. The highest BCUT2D eigenvalue weighted by Gasteiger charge is 2.22. The molecular formula is C10H11F2NO5S. The van der Waals surface area contributed by atoms with E-state index >= 15 is 0 Å². The van der Waals surface area contributed by atoms with Crippen molar-refractivity contribution in [2.45, 2.75) is 11.3 Å². The van der Waals surface area contributed by atoms with Crippen LogP contribution in [0.15, 0.2) is 17.0 Å². The fourth-order valence-electron chi connectivity index (χ4n) is 1.24. The third kappa shape index (κ3) is 3.86. The quantitative estimate of drug-likeness (QED) is 0.807. The maximum atomic E-state index is 13.5. The summed E-state index contributed by atoms with van der Waals surface area (Å²) in [6.45, 7) is -0.426. The van der Waals surface area contributed by atoms with E-state index < -0.39 is 51.2 Å². The summed E-state index contributed by atoms with van der Waals surface area (Å²) in [5.41, 5.74) is 0. The van der Waals surface area contributed by atoms with Gasteiger partial charge in [0.05, 0.1) is 13.5 Å². The van der Waals surface area contributed by atoms with Crippen molar-refractivity contribution in [2.24, 2.45) is 0 Å². The summed E-state index contributed by atoms with van der Waals surface area (Å²) < 4.78 is 56.5. The van der Waals surface area contributed by atoms with Gasteiger partial charge in [0.1, 0.15) is 10.7 Å². The number of hydrogen-bond acceptors (Lipinski definition) is 4. The Hall–Kier alpha value is -1.74. The molecule has 0 aliphatic heterocycles. The van der Waals surface area contributed by atoms with Gasteiger partial charge in [0.2, 0.25) is 10.0 Å². The zero-order valence-electron chi connectivity index (χ0n) is 9.81. The zero-order valence-corrected chi connectivity index (χ0v) is 10.6. The first-order valence-electron chi connectivity index (χ1n) is 5.02. The molecule has 0 aliphatic rings. The number of rotatable bonds is 6. The van der Waals surface area contributed by atoms with Gasteiger partial charge in [-0.2, -0.15) is 0 Å². The van der Waals surface area contributed by atoms with Gasteiger partial charge in [-0.15, -0.1) is 0 Å².